The first kappa shape index (κ1) is 13.1. The van der Waals surface area contributed by atoms with E-state index in [0.29, 0.717) is 24.0 Å². The predicted octanol–water partition coefficient (Wildman–Crippen LogP) is 3.60. The molecular formula is C17H18O3. The van der Waals surface area contributed by atoms with Crippen molar-refractivity contribution in [1.29, 1.82) is 0 Å². The van der Waals surface area contributed by atoms with Crippen LogP contribution in [0.3, 0.4) is 0 Å². The highest BCUT2D eigenvalue weighted by molar-refractivity contribution is 6.00. The third-order valence-corrected chi connectivity index (χ3v) is 3.77. The van der Waals surface area contributed by atoms with E-state index >= 15 is 0 Å². The molecule has 0 spiro atoms. The van der Waals surface area contributed by atoms with E-state index in [1.807, 2.05) is 36.4 Å². The van der Waals surface area contributed by atoms with E-state index in [9.17, 15) is 4.79 Å². The van der Waals surface area contributed by atoms with Gasteiger partial charge in [-0.25, -0.2) is 0 Å². The maximum absolute atomic E-state index is 11.4. The van der Waals surface area contributed by atoms with Crippen molar-refractivity contribution in [3.8, 4) is 5.75 Å². The second-order valence-corrected chi connectivity index (χ2v) is 5.09. The first-order chi connectivity index (χ1) is 9.88. The van der Waals surface area contributed by atoms with E-state index < -0.39 is 0 Å². The highest BCUT2D eigenvalue weighted by Crippen LogP contribution is 2.27. The summed E-state index contributed by atoms with van der Waals surface area (Å²) in [5.41, 5.74) is 0.635. The first-order valence-corrected chi connectivity index (χ1v) is 7.10. The number of hydrogen-bond acceptors (Lipinski definition) is 3. The summed E-state index contributed by atoms with van der Waals surface area (Å²) >= 11 is 0. The van der Waals surface area contributed by atoms with Crippen molar-refractivity contribution in [2.45, 2.75) is 25.4 Å². The molecule has 0 saturated carbocycles. The standard InChI is InChI=1S/C17H18O3/c18-12-16-15-6-2-1-4-13(15)7-8-17(16)20-11-9-14-5-3-10-19-14/h1-2,4,6-8,12,14H,3,5,9-11H2. The van der Waals surface area contributed by atoms with Crippen LogP contribution in [0.5, 0.6) is 5.75 Å². The minimum atomic E-state index is 0.315. The summed E-state index contributed by atoms with van der Waals surface area (Å²) in [7, 11) is 0. The number of ether oxygens (including phenoxy) is 2. The van der Waals surface area contributed by atoms with Crippen LogP contribution in [0.25, 0.3) is 10.8 Å². The molecule has 3 nitrogen and oxygen atoms in total. The molecule has 2 aromatic carbocycles. The van der Waals surface area contributed by atoms with Gasteiger partial charge in [0.05, 0.1) is 18.3 Å². The van der Waals surface area contributed by atoms with Gasteiger partial charge >= 0.3 is 0 Å². The van der Waals surface area contributed by atoms with E-state index in [1.54, 1.807) is 0 Å². The third kappa shape index (κ3) is 2.68. The molecule has 1 saturated heterocycles. The van der Waals surface area contributed by atoms with Crippen LogP contribution in [0, 0.1) is 0 Å². The number of fused-ring (bicyclic) bond motifs is 1. The van der Waals surface area contributed by atoms with E-state index in [2.05, 4.69) is 0 Å². The van der Waals surface area contributed by atoms with Crippen molar-refractivity contribution in [1.82, 2.24) is 0 Å². The van der Waals surface area contributed by atoms with Crippen molar-refractivity contribution < 1.29 is 14.3 Å². The van der Waals surface area contributed by atoms with Crippen molar-refractivity contribution in [3.05, 3.63) is 42.0 Å². The Morgan fingerprint density at radius 2 is 2.15 bits per heavy atom. The molecule has 0 bridgehead atoms. The SMILES string of the molecule is O=Cc1c(OCCC2CCCO2)ccc2ccccc12. The Balaban J connectivity index is 1.75. The molecule has 1 heterocycles. The number of carbonyl (C=O) groups excluding carboxylic acids is 1. The Kier molecular flexibility index (Phi) is 3.97. The monoisotopic (exact) mass is 270 g/mol. The minimum absolute atomic E-state index is 0.315. The summed E-state index contributed by atoms with van der Waals surface area (Å²) in [6.45, 7) is 1.45. The normalized spacial score (nSPS) is 18.3. The second kappa shape index (κ2) is 6.06. The molecule has 20 heavy (non-hydrogen) atoms. The maximum Gasteiger partial charge on any atom is 0.154 e. The topological polar surface area (TPSA) is 35.5 Å². The Hall–Kier alpha value is -1.87. The molecule has 0 aliphatic carbocycles. The van der Waals surface area contributed by atoms with Crippen LogP contribution in [0.15, 0.2) is 36.4 Å². The lowest BCUT2D eigenvalue weighted by Crippen LogP contribution is -2.11. The Morgan fingerprint density at radius 1 is 1.25 bits per heavy atom. The van der Waals surface area contributed by atoms with E-state index in [4.69, 9.17) is 9.47 Å². The summed E-state index contributed by atoms with van der Waals surface area (Å²) < 4.78 is 11.4. The molecule has 0 amide bonds. The van der Waals surface area contributed by atoms with Gasteiger partial charge in [0.25, 0.3) is 0 Å². The summed E-state index contributed by atoms with van der Waals surface area (Å²) in [5, 5.41) is 2.00. The van der Waals surface area contributed by atoms with Crippen molar-refractivity contribution in [2.75, 3.05) is 13.2 Å². The fraction of sp³-hybridized carbons (Fsp3) is 0.353. The average molecular weight is 270 g/mol. The molecule has 0 radical (unpaired) electrons. The molecule has 3 rings (SSSR count). The zero-order valence-corrected chi connectivity index (χ0v) is 11.4. The van der Waals surface area contributed by atoms with Gasteiger partial charge in [-0.3, -0.25) is 4.79 Å². The van der Waals surface area contributed by atoms with Gasteiger partial charge in [0.2, 0.25) is 0 Å². The molecule has 1 aliphatic heterocycles. The van der Waals surface area contributed by atoms with Gasteiger partial charge < -0.3 is 9.47 Å². The van der Waals surface area contributed by atoms with Gasteiger partial charge in [-0.15, -0.1) is 0 Å². The van der Waals surface area contributed by atoms with Crippen LogP contribution in [0.1, 0.15) is 29.6 Å². The lowest BCUT2D eigenvalue weighted by molar-refractivity contribution is 0.0901. The van der Waals surface area contributed by atoms with Crippen LogP contribution < -0.4 is 4.74 Å². The zero-order chi connectivity index (χ0) is 13.8. The summed E-state index contributed by atoms with van der Waals surface area (Å²) in [6, 6.07) is 11.7. The van der Waals surface area contributed by atoms with Crippen LogP contribution in [-0.2, 0) is 4.74 Å². The number of hydrogen-bond donors (Lipinski definition) is 0. The molecular weight excluding hydrogens is 252 g/mol. The molecule has 3 heteroatoms. The molecule has 2 aromatic rings. The van der Waals surface area contributed by atoms with Crippen LogP contribution in [0.4, 0.5) is 0 Å². The molecule has 0 aromatic heterocycles. The van der Waals surface area contributed by atoms with Crippen molar-refractivity contribution in [2.24, 2.45) is 0 Å². The number of aldehydes is 1. The molecule has 0 N–H and O–H groups in total. The van der Waals surface area contributed by atoms with Crippen LogP contribution in [-0.4, -0.2) is 25.6 Å². The molecule has 1 aliphatic rings. The Bertz CT molecular complexity index is 600. The zero-order valence-electron chi connectivity index (χ0n) is 11.4. The first-order valence-electron chi connectivity index (χ1n) is 7.10. The summed E-state index contributed by atoms with van der Waals surface area (Å²) in [6.07, 6.45) is 4.33. The van der Waals surface area contributed by atoms with Crippen LogP contribution in [0.2, 0.25) is 0 Å². The largest absolute Gasteiger partial charge is 0.493 e. The smallest absolute Gasteiger partial charge is 0.154 e. The van der Waals surface area contributed by atoms with Gasteiger partial charge in [0.1, 0.15) is 5.75 Å². The number of rotatable bonds is 5. The van der Waals surface area contributed by atoms with Crippen molar-refractivity contribution in [3.63, 3.8) is 0 Å². The second-order valence-electron chi connectivity index (χ2n) is 5.09. The Labute approximate surface area is 118 Å². The quantitative estimate of drug-likeness (QED) is 0.779. The minimum Gasteiger partial charge on any atom is -0.493 e. The summed E-state index contributed by atoms with van der Waals surface area (Å²) in [5.74, 6) is 0.664. The van der Waals surface area contributed by atoms with E-state index in [1.165, 1.54) is 0 Å². The highest BCUT2D eigenvalue weighted by atomic mass is 16.5. The van der Waals surface area contributed by atoms with Gasteiger partial charge in [-0.1, -0.05) is 30.3 Å². The third-order valence-electron chi connectivity index (χ3n) is 3.77. The molecule has 1 atom stereocenters. The van der Waals surface area contributed by atoms with Gasteiger partial charge in [-0.2, -0.15) is 0 Å². The van der Waals surface area contributed by atoms with Crippen LogP contribution >= 0.6 is 0 Å². The lowest BCUT2D eigenvalue weighted by atomic mass is 10.0. The van der Waals surface area contributed by atoms with Gasteiger partial charge in [0.15, 0.2) is 6.29 Å². The van der Waals surface area contributed by atoms with Crippen molar-refractivity contribution >= 4 is 17.1 Å². The molecule has 1 unspecified atom stereocenters. The Morgan fingerprint density at radius 3 is 2.95 bits per heavy atom. The molecule has 104 valence electrons. The predicted molar refractivity (Wildman–Crippen MR) is 78.4 cm³/mol. The van der Waals surface area contributed by atoms with Gasteiger partial charge in [0, 0.05) is 13.0 Å². The lowest BCUT2D eigenvalue weighted by Gasteiger charge is -2.13. The highest BCUT2D eigenvalue weighted by Gasteiger charge is 2.15. The fourth-order valence-electron chi connectivity index (χ4n) is 2.70. The number of carbonyl (C=O) groups is 1. The maximum atomic E-state index is 11.4. The van der Waals surface area contributed by atoms with E-state index in [0.717, 1.165) is 42.9 Å². The summed E-state index contributed by atoms with van der Waals surface area (Å²) in [4.78, 5) is 11.4. The van der Waals surface area contributed by atoms with E-state index in [-0.39, 0.29) is 0 Å². The molecule has 1 fully saturated rings. The van der Waals surface area contributed by atoms with Gasteiger partial charge in [-0.05, 0) is 29.7 Å². The average Bonchev–Trinajstić information content (AvgIpc) is 3.00. The fourth-order valence-corrected chi connectivity index (χ4v) is 2.70. The number of benzene rings is 2.